The Balaban J connectivity index is 1.43. The van der Waals surface area contributed by atoms with E-state index in [9.17, 15) is 22.8 Å². The Kier molecular flexibility index (Phi) is 8.27. The standard InChI is InChI=1S/C27H24N4O6S2/c1-18(32)28-16-19-6-9-21(10-7-19)24-11-13-26(38-24)39(36,37)31-15-14-20(17-31)8-12-25(33)29-22-4-2-3-5-23(22)30-27(34)35/h2-15,17,30H,16H2,1H3,(H,28,32)(H,29,33)(H,34,35)/b12-8+. The maximum Gasteiger partial charge on any atom is 0.409 e. The molecule has 2 heterocycles. The number of para-hydroxylation sites is 2. The van der Waals surface area contributed by atoms with Crippen molar-refractivity contribution in [1.29, 1.82) is 0 Å². The van der Waals surface area contributed by atoms with Gasteiger partial charge in [-0.3, -0.25) is 14.9 Å². The summed E-state index contributed by atoms with van der Waals surface area (Å²) in [5.74, 6) is -0.633. The molecule has 0 spiro atoms. The largest absolute Gasteiger partial charge is 0.465 e. The van der Waals surface area contributed by atoms with Crippen LogP contribution in [0.15, 0.2) is 89.4 Å². The van der Waals surface area contributed by atoms with Crippen molar-refractivity contribution in [3.63, 3.8) is 0 Å². The highest BCUT2D eigenvalue weighted by Crippen LogP contribution is 2.32. The van der Waals surface area contributed by atoms with E-state index in [1.54, 1.807) is 36.4 Å². The summed E-state index contributed by atoms with van der Waals surface area (Å²) in [5.41, 5.74) is 2.78. The van der Waals surface area contributed by atoms with Gasteiger partial charge in [-0.15, -0.1) is 11.3 Å². The van der Waals surface area contributed by atoms with E-state index in [0.717, 1.165) is 31.3 Å². The molecule has 0 atom stereocenters. The molecule has 0 aliphatic heterocycles. The number of carboxylic acid groups (broad SMARTS) is 1. The average Bonchev–Trinajstić information content (AvgIpc) is 3.59. The van der Waals surface area contributed by atoms with Gasteiger partial charge in [-0.2, -0.15) is 8.42 Å². The molecule has 2 aromatic carbocycles. The van der Waals surface area contributed by atoms with Crippen molar-refractivity contribution in [1.82, 2.24) is 9.29 Å². The number of hydrogen-bond acceptors (Lipinski definition) is 6. The molecule has 0 radical (unpaired) electrons. The molecule has 3 amide bonds. The molecule has 4 aromatic rings. The molecular formula is C27H24N4O6S2. The number of hydrogen-bond donors (Lipinski definition) is 4. The Morgan fingerprint density at radius 2 is 1.64 bits per heavy atom. The second kappa shape index (κ2) is 11.8. The third-order valence-corrected chi connectivity index (χ3v) is 8.67. The van der Waals surface area contributed by atoms with Gasteiger partial charge in [-0.05, 0) is 53.1 Å². The topological polar surface area (TPSA) is 147 Å². The lowest BCUT2D eigenvalue weighted by Gasteiger charge is -2.08. The average molecular weight is 565 g/mol. The highest BCUT2D eigenvalue weighted by Gasteiger charge is 2.19. The second-order valence-electron chi connectivity index (χ2n) is 8.30. The predicted octanol–water partition coefficient (Wildman–Crippen LogP) is 4.83. The van der Waals surface area contributed by atoms with Crippen LogP contribution in [0.3, 0.4) is 0 Å². The quantitative estimate of drug-likeness (QED) is 0.214. The van der Waals surface area contributed by atoms with Crippen molar-refractivity contribution in [2.75, 3.05) is 10.6 Å². The summed E-state index contributed by atoms with van der Waals surface area (Å²) >= 11 is 1.14. The van der Waals surface area contributed by atoms with Gasteiger partial charge in [-0.1, -0.05) is 36.4 Å². The van der Waals surface area contributed by atoms with Crippen molar-refractivity contribution in [3.05, 3.63) is 96.3 Å². The number of nitrogens with one attached hydrogen (secondary N) is 3. The van der Waals surface area contributed by atoms with Crippen LogP contribution in [-0.2, 0) is 26.2 Å². The molecule has 4 rings (SSSR count). The van der Waals surface area contributed by atoms with Crippen LogP contribution >= 0.6 is 11.3 Å². The Morgan fingerprint density at radius 1 is 0.949 bits per heavy atom. The van der Waals surface area contributed by atoms with E-state index in [1.165, 1.54) is 37.5 Å². The van der Waals surface area contributed by atoms with Crippen LogP contribution < -0.4 is 16.0 Å². The molecule has 0 fully saturated rings. The molecule has 4 N–H and O–H groups in total. The summed E-state index contributed by atoms with van der Waals surface area (Å²) < 4.78 is 27.6. The molecule has 0 aliphatic rings. The van der Waals surface area contributed by atoms with E-state index >= 15 is 0 Å². The Bertz CT molecular complexity index is 1650. The highest BCUT2D eigenvalue weighted by atomic mass is 32.2. The summed E-state index contributed by atoms with van der Waals surface area (Å²) in [6.07, 6.45) is 4.22. The third-order valence-electron chi connectivity index (χ3n) is 5.44. The van der Waals surface area contributed by atoms with E-state index in [0.29, 0.717) is 12.1 Å². The number of benzene rings is 2. The summed E-state index contributed by atoms with van der Waals surface area (Å²) in [6.45, 7) is 1.87. The number of amides is 3. The number of rotatable bonds is 9. The summed E-state index contributed by atoms with van der Waals surface area (Å²) in [6, 6.07) is 18.7. The van der Waals surface area contributed by atoms with Crippen molar-refractivity contribution in [2.24, 2.45) is 0 Å². The number of aromatic nitrogens is 1. The van der Waals surface area contributed by atoms with Crippen LogP contribution in [0.2, 0.25) is 0 Å². The van der Waals surface area contributed by atoms with Gasteiger partial charge in [0.2, 0.25) is 11.8 Å². The van der Waals surface area contributed by atoms with Crippen LogP contribution in [0.5, 0.6) is 0 Å². The lowest BCUT2D eigenvalue weighted by Crippen LogP contribution is -2.18. The van der Waals surface area contributed by atoms with Crippen LogP contribution in [0.1, 0.15) is 18.1 Å². The zero-order chi connectivity index (χ0) is 28.0. The number of carbonyl (C=O) groups is 3. The highest BCUT2D eigenvalue weighted by molar-refractivity contribution is 7.92. The molecule has 200 valence electrons. The number of nitrogens with zero attached hydrogens (tertiary/aromatic N) is 1. The maximum atomic E-state index is 13.2. The first-order valence-corrected chi connectivity index (χ1v) is 13.8. The van der Waals surface area contributed by atoms with Gasteiger partial charge < -0.3 is 15.7 Å². The monoisotopic (exact) mass is 564 g/mol. The smallest absolute Gasteiger partial charge is 0.409 e. The zero-order valence-electron chi connectivity index (χ0n) is 20.6. The number of anilines is 2. The second-order valence-corrected chi connectivity index (χ2v) is 11.5. The molecule has 10 nitrogen and oxygen atoms in total. The van der Waals surface area contributed by atoms with Gasteiger partial charge in [0, 0.05) is 36.8 Å². The van der Waals surface area contributed by atoms with Crippen molar-refractivity contribution in [2.45, 2.75) is 17.7 Å². The minimum atomic E-state index is -3.85. The van der Waals surface area contributed by atoms with Crippen molar-refractivity contribution in [3.8, 4) is 10.4 Å². The zero-order valence-corrected chi connectivity index (χ0v) is 22.3. The molecular weight excluding hydrogens is 540 g/mol. The Hall–Kier alpha value is -4.68. The van der Waals surface area contributed by atoms with Crippen LogP contribution in [-0.4, -0.2) is 35.4 Å². The first kappa shape index (κ1) is 27.4. The minimum absolute atomic E-state index is 0.115. The minimum Gasteiger partial charge on any atom is -0.465 e. The van der Waals surface area contributed by atoms with Gasteiger partial charge in [-0.25, -0.2) is 8.77 Å². The molecule has 0 unspecified atom stereocenters. The molecule has 39 heavy (non-hydrogen) atoms. The van der Waals surface area contributed by atoms with E-state index < -0.39 is 22.0 Å². The molecule has 0 saturated heterocycles. The van der Waals surface area contributed by atoms with Crippen LogP contribution in [0.25, 0.3) is 16.5 Å². The first-order valence-electron chi connectivity index (χ1n) is 11.6. The molecule has 12 heteroatoms. The Morgan fingerprint density at radius 3 is 2.31 bits per heavy atom. The van der Waals surface area contributed by atoms with E-state index in [-0.39, 0.29) is 21.5 Å². The summed E-state index contributed by atoms with van der Waals surface area (Å²) in [7, 11) is -3.85. The van der Waals surface area contributed by atoms with Crippen molar-refractivity contribution >= 4 is 56.7 Å². The fourth-order valence-corrected chi connectivity index (χ4v) is 6.16. The van der Waals surface area contributed by atoms with Crippen molar-refractivity contribution < 1.29 is 27.9 Å². The SMILES string of the molecule is CC(=O)NCc1ccc(-c2ccc(S(=O)(=O)n3ccc(/C=C/C(=O)Nc4ccccc4NC(=O)O)c3)s2)cc1. The number of carbonyl (C=O) groups excluding carboxylic acids is 2. The fraction of sp³-hybridized carbons (Fsp3) is 0.0741. The summed E-state index contributed by atoms with van der Waals surface area (Å²) in [5, 5.41) is 16.5. The van der Waals surface area contributed by atoms with Gasteiger partial charge in [0.15, 0.2) is 0 Å². The maximum absolute atomic E-state index is 13.2. The normalized spacial score (nSPS) is 11.3. The van der Waals surface area contributed by atoms with Crippen LogP contribution in [0.4, 0.5) is 16.2 Å². The van der Waals surface area contributed by atoms with Crippen LogP contribution in [0, 0.1) is 0 Å². The predicted molar refractivity (Wildman–Crippen MR) is 150 cm³/mol. The van der Waals surface area contributed by atoms with Gasteiger partial charge in [0.05, 0.1) is 11.4 Å². The molecule has 0 bridgehead atoms. The third kappa shape index (κ3) is 7.00. The van der Waals surface area contributed by atoms with Gasteiger partial charge in [0.25, 0.3) is 10.0 Å². The van der Waals surface area contributed by atoms with E-state index in [2.05, 4.69) is 16.0 Å². The summed E-state index contributed by atoms with van der Waals surface area (Å²) in [4.78, 5) is 35.2. The molecule has 0 saturated carbocycles. The number of thiophene rings is 1. The lowest BCUT2D eigenvalue weighted by molar-refractivity contribution is -0.119. The van der Waals surface area contributed by atoms with Gasteiger partial charge in [0.1, 0.15) is 4.21 Å². The van der Waals surface area contributed by atoms with Gasteiger partial charge >= 0.3 is 6.09 Å². The molecule has 2 aromatic heterocycles. The Labute approximate surface area is 228 Å². The first-order chi connectivity index (χ1) is 18.6. The molecule has 0 aliphatic carbocycles. The van der Waals surface area contributed by atoms with E-state index in [1.807, 2.05) is 24.3 Å². The lowest BCUT2D eigenvalue weighted by atomic mass is 10.1. The fourth-order valence-electron chi connectivity index (χ4n) is 3.53. The van der Waals surface area contributed by atoms with E-state index in [4.69, 9.17) is 5.11 Å².